The molecule has 0 heterocycles. The standard InChI is InChI=1S/C15H10BrFN2O5/c16-13-6-9(17)4-5-12(13)15(21)24-8-14(20)18-10-2-1-3-11(7-10)19(22)23/h1-7H,8H2,(H,18,20). The second kappa shape index (κ2) is 7.64. The van der Waals surface area contributed by atoms with E-state index in [0.29, 0.717) is 0 Å². The van der Waals surface area contributed by atoms with Crippen molar-refractivity contribution in [2.24, 2.45) is 0 Å². The third-order valence-corrected chi connectivity index (χ3v) is 3.48. The van der Waals surface area contributed by atoms with Gasteiger partial charge < -0.3 is 10.1 Å². The molecular weight excluding hydrogens is 387 g/mol. The molecule has 0 aliphatic carbocycles. The van der Waals surface area contributed by atoms with Crippen LogP contribution in [-0.4, -0.2) is 23.4 Å². The highest BCUT2D eigenvalue weighted by Crippen LogP contribution is 2.19. The normalized spacial score (nSPS) is 10.1. The van der Waals surface area contributed by atoms with Crippen molar-refractivity contribution in [3.05, 3.63) is 68.4 Å². The van der Waals surface area contributed by atoms with Gasteiger partial charge in [0.2, 0.25) is 0 Å². The molecule has 124 valence electrons. The second-order valence-corrected chi connectivity index (χ2v) is 5.41. The van der Waals surface area contributed by atoms with E-state index in [9.17, 15) is 24.1 Å². The van der Waals surface area contributed by atoms with Crippen LogP contribution in [-0.2, 0) is 9.53 Å². The summed E-state index contributed by atoms with van der Waals surface area (Å²) in [6.45, 7) is -0.592. The van der Waals surface area contributed by atoms with Crippen LogP contribution in [0.3, 0.4) is 0 Å². The van der Waals surface area contributed by atoms with Crippen molar-refractivity contribution in [1.29, 1.82) is 0 Å². The Bertz CT molecular complexity index is 812. The first-order valence-electron chi connectivity index (χ1n) is 6.53. The van der Waals surface area contributed by atoms with E-state index in [1.165, 1.54) is 30.3 Å². The molecule has 0 bridgehead atoms. The fraction of sp³-hybridized carbons (Fsp3) is 0.0667. The van der Waals surface area contributed by atoms with Crippen LogP contribution in [0.5, 0.6) is 0 Å². The van der Waals surface area contributed by atoms with Gasteiger partial charge in [-0.15, -0.1) is 0 Å². The monoisotopic (exact) mass is 396 g/mol. The molecule has 0 aliphatic heterocycles. The van der Waals surface area contributed by atoms with E-state index in [1.54, 1.807) is 0 Å². The lowest BCUT2D eigenvalue weighted by Gasteiger charge is -2.07. The minimum atomic E-state index is -0.809. The number of carbonyl (C=O) groups is 2. The number of esters is 1. The van der Waals surface area contributed by atoms with Gasteiger partial charge in [-0.25, -0.2) is 9.18 Å². The number of carbonyl (C=O) groups excluding carboxylic acids is 2. The van der Waals surface area contributed by atoms with Gasteiger partial charge >= 0.3 is 5.97 Å². The molecule has 0 unspecified atom stereocenters. The number of nitro benzene ring substituents is 1. The number of nitro groups is 1. The van der Waals surface area contributed by atoms with Gasteiger partial charge in [-0.3, -0.25) is 14.9 Å². The van der Waals surface area contributed by atoms with E-state index >= 15 is 0 Å². The average molecular weight is 397 g/mol. The maximum atomic E-state index is 13.0. The third-order valence-electron chi connectivity index (χ3n) is 2.83. The van der Waals surface area contributed by atoms with Gasteiger partial charge in [-0.2, -0.15) is 0 Å². The van der Waals surface area contributed by atoms with E-state index in [2.05, 4.69) is 21.2 Å². The van der Waals surface area contributed by atoms with Crippen LogP contribution in [0.4, 0.5) is 15.8 Å². The van der Waals surface area contributed by atoms with Gasteiger partial charge in [0.1, 0.15) is 5.82 Å². The number of benzene rings is 2. The Kier molecular flexibility index (Phi) is 5.59. The number of amides is 1. The Morgan fingerprint density at radius 1 is 1.25 bits per heavy atom. The maximum Gasteiger partial charge on any atom is 0.339 e. The minimum absolute atomic E-state index is 0.0690. The van der Waals surface area contributed by atoms with E-state index < -0.39 is 29.2 Å². The quantitative estimate of drug-likeness (QED) is 0.474. The van der Waals surface area contributed by atoms with Gasteiger partial charge in [-0.1, -0.05) is 6.07 Å². The average Bonchev–Trinajstić information content (AvgIpc) is 2.53. The number of halogens is 2. The number of rotatable bonds is 5. The van der Waals surface area contributed by atoms with Crippen molar-refractivity contribution < 1.29 is 23.6 Å². The van der Waals surface area contributed by atoms with Gasteiger partial charge in [-0.05, 0) is 40.2 Å². The molecule has 0 spiro atoms. The molecule has 0 radical (unpaired) electrons. The molecule has 0 fully saturated rings. The minimum Gasteiger partial charge on any atom is -0.452 e. The van der Waals surface area contributed by atoms with E-state index in [4.69, 9.17) is 4.74 Å². The van der Waals surface area contributed by atoms with E-state index in [0.717, 1.165) is 12.1 Å². The van der Waals surface area contributed by atoms with Crippen LogP contribution >= 0.6 is 15.9 Å². The summed E-state index contributed by atoms with van der Waals surface area (Å²) in [7, 11) is 0. The lowest BCUT2D eigenvalue weighted by molar-refractivity contribution is -0.384. The number of non-ortho nitro benzene ring substituents is 1. The summed E-state index contributed by atoms with van der Waals surface area (Å²) in [6.07, 6.45) is 0. The Hall–Kier alpha value is -2.81. The summed E-state index contributed by atoms with van der Waals surface area (Å²) in [6, 6.07) is 8.74. The summed E-state index contributed by atoms with van der Waals surface area (Å²) < 4.78 is 18.0. The van der Waals surface area contributed by atoms with Gasteiger partial charge in [0.15, 0.2) is 6.61 Å². The zero-order chi connectivity index (χ0) is 17.7. The Morgan fingerprint density at radius 2 is 2.00 bits per heavy atom. The molecule has 2 rings (SSSR count). The van der Waals surface area contributed by atoms with Crippen LogP contribution in [0, 0.1) is 15.9 Å². The van der Waals surface area contributed by atoms with Gasteiger partial charge in [0.05, 0.1) is 10.5 Å². The zero-order valence-electron chi connectivity index (χ0n) is 12.0. The van der Waals surface area contributed by atoms with Crippen LogP contribution < -0.4 is 5.32 Å². The summed E-state index contributed by atoms with van der Waals surface area (Å²) in [5.74, 6) is -2.00. The number of hydrogen-bond donors (Lipinski definition) is 1. The maximum absolute atomic E-state index is 13.0. The summed E-state index contributed by atoms with van der Waals surface area (Å²) >= 11 is 3.02. The molecule has 0 saturated carbocycles. The third kappa shape index (κ3) is 4.59. The molecule has 24 heavy (non-hydrogen) atoms. The molecule has 0 atom stereocenters. The smallest absolute Gasteiger partial charge is 0.339 e. The Balaban J connectivity index is 1.94. The van der Waals surface area contributed by atoms with Crippen molar-refractivity contribution in [1.82, 2.24) is 0 Å². The van der Waals surface area contributed by atoms with Gasteiger partial charge in [0, 0.05) is 22.3 Å². The van der Waals surface area contributed by atoms with Crippen molar-refractivity contribution in [2.75, 3.05) is 11.9 Å². The molecule has 1 amide bonds. The molecule has 2 aromatic carbocycles. The van der Waals surface area contributed by atoms with Crippen LogP contribution in [0.1, 0.15) is 10.4 Å². The SMILES string of the molecule is O=C(COC(=O)c1ccc(F)cc1Br)Nc1cccc([N+](=O)[O-])c1. The molecule has 2 aromatic rings. The molecule has 0 saturated heterocycles. The van der Waals surface area contributed by atoms with Crippen molar-refractivity contribution >= 4 is 39.2 Å². The molecule has 0 aromatic heterocycles. The summed E-state index contributed by atoms with van der Waals surface area (Å²) in [4.78, 5) is 33.6. The Morgan fingerprint density at radius 3 is 2.67 bits per heavy atom. The fourth-order valence-corrected chi connectivity index (χ4v) is 2.27. The molecule has 1 N–H and O–H groups in total. The van der Waals surface area contributed by atoms with E-state index in [-0.39, 0.29) is 21.4 Å². The first-order valence-corrected chi connectivity index (χ1v) is 7.32. The predicted molar refractivity (Wildman–Crippen MR) is 86.1 cm³/mol. The number of hydrogen-bond acceptors (Lipinski definition) is 5. The van der Waals surface area contributed by atoms with Crippen LogP contribution in [0.25, 0.3) is 0 Å². The fourth-order valence-electron chi connectivity index (χ4n) is 1.76. The number of ether oxygens (including phenoxy) is 1. The number of nitrogens with zero attached hydrogens (tertiary/aromatic N) is 1. The summed E-state index contributed by atoms with van der Waals surface area (Å²) in [5, 5.41) is 13.0. The number of nitrogens with one attached hydrogen (secondary N) is 1. The summed E-state index contributed by atoms with van der Waals surface area (Å²) in [5.41, 5.74) is 0.0906. The van der Waals surface area contributed by atoms with Gasteiger partial charge in [0.25, 0.3) is 11.6 Å². The molecule has 0 aliphatic rings. The molecular formula is C15H10BrFN2O5. The zero-order valence-corrected chi connectivity index (χ0v) is 13.6. The van der Waals surface area contributed by atoms with Crippen molar-refractivity contribution in [3.8, 4) is 0 Å². The topological polar surface area (TPSA) is 98.5 Å². The van der Waals surface area contributed by atoms with Crippen LogP contribution in [0.15, 0.2) is 46.9 Å². The highest BCUT2D eigenvalue weighted by Gasteiger charge is 2.15. The van der Waals surface area contributed by atoms with Crippen molar-refractivity contribution in [2.45, 2.75) is 0 Å². The highest BCUT2D eigenvalue weighted by molar-refractivity contribution is 9.10. The highest BCUT2D eigenvalue weighted by atomic mass is 79.9. The Labute approximate surface area is 143 Å². The molecule has 7 nitrogen and oxygen atoms in total. The number of anilines is 1. The van der Waals surface area contributed by atoms with E-state index in [1.807, 2.05) is 0 Å². The van der Waals surface area contributed by atoms with Crippen LogP contribution in [0.2, 0.25) is 0 Å². The predicted octanol–water partition coefficient (Wildman–Crippen LogP) is 3.29. The first kappa shape index (κ1) is 17.5. The van der Waals surface area contributed by atoms with Crippen molar-refractivity contribution in [3.63, 3.8) is 0 Å². The molecule has 9 heteroatoms. The second-order valence-electron chi connectivity index (χ2n) is 4.56. The lowest BCUT2D eigenvalue weighted by Crippen LogP contribution is -2.21. The first-order chi connectivity index (χ1) is 11.4. The lowest BCUT2D eigenvalue weighted by atomic mass is 10.2. The largest absolute Gasteiger partial charge is 0.452 e.